The molecular weight excluding hydrogens is 350 g/mol. The van der Waals surface area contributed by atoms with Crippen molar-refractivity contribution in [2.24, 2.45) is 0 Å². The molecule has 1 N–H and O–H groups in total. The van der Waals surface area contributed by atoms with Crippen molar-refractivity contribution in [1.82, 2.24) is 15.3 Å². The highest BCUT2D eigenvalue weighted by molar-refractivity contribution is 6.07. The van der Waals surface area contributed by atoms with Crippen LogP contribution in [0.3, 0.4) is 0 Å². The van der Waals surface area contributed by atoms with Gasteiger partial charge in [0.1, 0.15) is 5.75 Å². The Bertz CT molecular complexity index is 1110. The highest BCUT2D eigenvalue weighted by atomic mass is 16.5. The van der Waals surface area contributed by atoms with Crippen LogP contribution in [0.15, 0.2) is 79.1 Å². The molecule has 0 fully saturated rings. The molecule has 5 nitrogen and oxygen atoms in total. The molecule has 0 aliphatic rings. The maximum absolute atomic E-state index is 12.9. The molecule has 28 heavy (non-hydrogen) atoms. The number of carbonyl (C=O) groups is 1. The van der Waals surface area contributed by atoms with Crippen molar-refractivity contribution < 1.29 is 9.53 Å². The number of carbonyl (C=O) groups excluding carboxylic acids is 1. The molecule has 0 bridgehead atoms. The van der Waals surface area contributed by atoms with E-state index in [1.807, 2.05) is 66.7 Å². The number of nitrogens with zero attached hydrogens (tertiary/aromatic N) is 2. The third-order valence-corrected chi connectivity index (χ3v) is 4.52. The van der Waals surface area contributed by atoms with Gasteiger partial charge in [0.05, 0.1) is 23.9 Å². The highest BCUT2D eigenvalue weighted by Gasteiger charge is 2.14. The summed E-state index contributed by atoms with van der Waals surface area (Å²) < 4.78 is 5.22. The number of hydrogen-bond donors (Lipinski definition) is 1. The van der Waals surface area contributed by atoms with Gasteiger partial charge in [-0.3, -0.25) is 9.78 Å². The van der Waals surface area contributed by atoms with Crippen LogP contribution in [-0.2, 0) is 6.54 Å². The normalized spacial score (nSPS) is 10.6. The van der Waals surface area contributed by atoms with E-state index >= 15 is 0 Å². The van der Waals surface area contributed by atoms with Crippen molar-refractivity contribution in [3.05, 3.63) is 90.3 Å². The summed E-state index contributed by atoms with van der Waals surface area (Å²) in [7, 11) is 1.63. The lowest BCUT2D eigenvalue weighted by Gasteiger charge is -2.11. The van der Waals surface area contributed by atoms with Gasteiger partial charge in [0.15, 0.2) is 0 Å². The molecule has 5 heteroatoms. The second-order valence-corrected chi connectivity index (χ2v) is 6.34. The molecule has 0 aliphatic carbocycles. The number of pyridine rings is 2. The Hall–Kier alpha value is -3.73. The van der Waals surface area contributed by atoms with E-state index in [1.165, 1.54) is 0 Å². The van der Waals surface area contributed by atoms with Gasteiger partial charge in [0.25, 0.3) is 5.91 Å². The smallest absolute Gasteiger partial charge is 0.252 e. The number of methoxy groups -OCH3 is 1. The Kier molecular flexibility index (Phi) is 4.97. The van der Waals surface area contributed by atoms with E-state index in [2.05, 4.69) is 10.3 Å². The Morgan fingerprint density at radius 2 is 1.86 bits per heavy atom. The molecule has 2 aromatic carbocycles. The number of amides is 1. The van der Waals surface area contributed by atoms with E-state index in [0.717, 1.165) is 33.5 Å². The molecule has 0 unspecified atom stereocenters. The van der Waals surface area contributed by atoms with Crippen LogP contribution in [0.4, 0.5) is 0 Å². The maximum Gasteiger partial charge on any atom is 0.252 e. The minimum Gasteiger partial charge on any atom is -0.497 e. The van der Waals surface area contributed by atoms with Gasteiger partial charge in [-0.1, -0.05) is 24.3 Å². The molecule has 0 saturated carbocycles. The van der Waals surface area contributed by atoms with Gasteiger partial charge in [-0.25, -0.2) is 4.98 Å². The van der Waals surface area contributed by atoms with E-state index in [9.17, 15) is 4.79 Å². The number of ether oxygens (including phenoxy) is 1. The predicted octanol–water partition coefficient (Wildman–Crippen LogP) is 4.24. The van der Waals surface area contributed by atoms with Crippen LogP contribution >= 0.6 is 0 Å². The van der Waals surface area contributed by atoms with E-state index in [1.54, 1.807) is 19.5 Å². The van der Waals surface area contributed by atoms with E-state index < -0.39 is 0 Å². The Morgan fingerprint density at radius 1 is 1.04 bits per heavy atom. The van der Waals surface area contributed by atoms with Gasteiger partial charge < -0.3 is 10.1 Å². The van der Waals surface area contributed by atoms with E-state index in [-0.39, 0.29) is 5.91 Å². The number of fused-ring (bicyclic) bond motifs is 1. The third kappa shape index (κ3) is 3.69. The molecule has 138 valence electrons. The lowest BCUT2D eigenvalue weighted by Crippen LogP contribution is -2.23. The number of rotatable bonds is 5. The average molecular weight is 369 g/mol. The zero-order chi connectivity index (χ0) is 19.3. The average Bonchev–Trinajstić information content (AvgIpc) is 2.77. The van der Waals surface area contributed by atoms with Gasteiger partial charge in [0, 0.05) is 29.9 Å². The molecule has 0 spiro atoms. The lowest BCUT2D eigenvalue weighted by molar-refractivity contribution is 0.0952. The number of nitrogens with one attached hydrogen (secondary N) is 1. The molecule has 0 radical (unpaired) electrons. The Labute approximate surface area is 163 Å². The molecule has 0 aliphatic heterocycles. The molecular formula is C23H19N3O2. The number of hydrogen-bond acceptors (Lipinski definition) is 4. The summed E-state index contributed by atoms with van der Waals surface area (Å²) in [6.07, 6.45) is 3.45. The van der Waals surface area contributed by atoms with Crippen LogP contribution in [0.2, 0.25) is 0 Å². The van der Waals surface area contributed by atoms with Gasteiger partial charge >= 0.3 is 0 Å². The molecule has 4 rings (SSSR count). The topological polar surface area (TPSA) is 64.1 Å². The van der Waals surface area contributed by atoms with Crippen molar-refractivity contribution in [2.75, 3.05) is 7.11 Å². The number of para-hydroxylation sites is 1. The van der Waals surface area contributed by atoms with Crippen LogP contribution < -0.4 is 10.1 Å². The lowest BCUT2D eigenvalue weighted by atomic mass is 10.0. The summed E-state index contributed by atoms with van der Waals surface area (Å²) in [6.45, 7) is 0.418. The molecule has 0 atom stereocenters. The van der Waals surface area contributed by atoms with Gasteiger partial charge in [-0.15, -0.1) is 0 Å². The summed E-state index contributed by atoms with van der Waals surface area (Å²) in [5.41, 5.74) is 3.99. The fourth-order valence-corrected chi connectivity index (χ4v) is 3.05. The predicted molar refractivity (Wildman–Crippen MR) is 109 cm³/mol. The number of aromatic nitrogens is 2. The summed E-state index contributed by atoms with van der Waals surface area (Å²) in [5, 5.41) is 3.80. The first-order valence-corrected chi connectivity index (χ1v) is 8.96. The zero-order valence-electron chi connectivity index (χ0n) is 15.4. The van der Waals surface area contributed by atoms with E-state index in [0.29, 0.717) is 12.1 Å². The molecule has 1 amide bonds. The summed E-state index contributed by atoms with van der Waals surface area (Å²) in [4.78, 5) is 21.7. The minimum absolute atomic E-state index is 0.141. The van der Waals surface area contributed by atoms with Crippen molar-refractivity contribution in [3.8, 4) is 17.0 Å². The first-order valence-electron chi connectivity index (χ1n) is 8.96. The fourth-order valence-electron chi connectivity index (χ4n) is 3.05. The summed E-state index contributed by atoms with van der Waals surface area (Å²) >= 11 is 0. The molecule has 2 aromatic heterocycles. The monoisotopic (exact) mass is 369 g/mol. The fraction of sp³-hybridized carbons (Fsp3) is 0.0870. The highest BCUT2D eigenvalue weighted by Crippen LogP contribution is 2.26. The third-order valence-electron chi connectivity index (χ3n) is 4.52. The molecule has 4 aromatic rings. The van der Waals surface area contributed by atoms with Gasteiger partial charge in [-0.05, 0) is 48.0 Å². The molecule has 2 heterocycles. The van der Waals surface area contributed by atoms with Crippen molar-refractivity contribution in [3.63, 3.8) is 0 Å². The summed E-state index contributed by atoms with van der Waals surface area (Å²) in [6, 6.07) is 20.9. The van der Waals surface area contributed by atoms with Crippen LogP contribution in [0.25, 0.3) is 22.2 Å². The van der Waals surface area contributed by atoms with Crippen molar-refractivity contribution >= 4 is 16.8 Å². The van der Waals surface area contributed by atoms with Crippen LogP contribution in [0.1, 0.15) is 15.9 Å². The Morgan fingerprint density at radius 3 is 2.61 bits per heavy atom. The van der Waals surface area contributed by atoms with E-state index in [4.69, 9.17) is 9.72 Å². The van der Waals surface area contributed by atoms with Crippen molar-refractivity contribution in [1.29, 1.82) is 0 Å². The standard InChI is InChI=1S/C23H19N3O2/c1-28-18-10-8-17(9-11-18)22-13-20(19-6-2-3-7-21(19)26-22)23(27)25-15-16-5-4-12-24-14-16/h2-14H,15H2,1H3,(H,25,27). The van der Waals surface area contributed by atoms with Crippen LogP contribution in [-0.4, -0.2) is 23.0 Å². The first kappa shape index (κ1) is 17.7. The second kappa shape index (κ2) is 7.88. The van der Waals surface area contributed by atoms with Gasteiger partial charge in [-0.2, -0.15) is 0 Å². The Balaban J connectivity index is 1.70. The molecule has 0 saturated heterocycles. The van der Waals surface area contributed by atoms with Crippen molar-refractivity contribution in [2.45, 2.75) is 6.54 Å². The summed E-state index contributed by atoms with van der Waals surface area (Å²) in [5.74, 6) is 0.635. The SMILES string of the molecule is COc1ccc(-c2cc(C(=O)NCc3cccnc3)c3ccccc3n2)cc1. The minimum atomic E-state index is -0.141. The van der Waals surface area contributed by atoms with Crippen LogP contribution in [0.5, 0.6) is 5.75 Å². The second-order valence-electron chi connectivity index (χ2n) is 6.34. The largest absolute Gasteiger partial charge is 0.497 e. The van der Waals surface area contributed by atoms with Crippen LogP contribution in [0, 0.1) is 0 Å². The zero-order valence-corrected chi connectivity index (χ0v) is 15.4. The first-order chi connectivity index (χ1) is 13.7. The maximum atomic E-state index is 12.9. The van der Waals surface area contributed by atoms with Gasteiger partial charge in [0.2, 0.25) is 0 Å². The number of benzene rings is 2. The quantitative estimate of drug-likeness (QED) is 0.572.